The predicted molar refractivity (Wildman–Crippen MR) is 129 cm³/mol. The van der Waals surface area contributed by atoms with Crippen LogP contribution in [0.2, 0.25) is 0 Å². The minimum Gasteiger partial charge on any atom is -0.465 e. The Morgan fingerprint density at radius 3 is 2.39 bits per heavy atom. The van der Waals surface area contributed by atoms with Crippen LogP contribution in [0.25, 0.3) is 16.7 Å². The number of fused-ring (bicyclic) bond motifs is 1. The molecule has 1 aliphatic carbocycles. The number of carbonyl (C=O) groups excluding carboxylic acids is 1. The van der Waals surface area contributed by atoms with E-state index in [1.54, 1.807) is 6.21 Å². The van der Waals surface area contributed by atoms with Gasteiger partial charge in [0, 0.05) is 27.9 Å². The smallest absolute Gasteiger partial charge is 0.339 e. The molecule has 2 N–H and O–H groups in total. The number of thioether (sulfide) groups is 1. The molecule has 0 aromatic heterocycles. The number of benzene rings is 3. The van der Waals surface area contributed by atoms with Crippen molar-refractivity contribution in [1.29, 1.82) is 0 Å². The number of hydrogen-bond donors (Lipinski definition) is 1. The summed E-state index contributed by atoms with van der Waals surface area (Å²) in [6.07, 6.45) is 5.22. The van der Waals surface area contributed by atoms with Gasteiger partial charge in [0.15, 0.2) is 0 Å². The van der Waals surface area contributed by atoms with Gasteiger partial charge in [-0.05, 0) is 54.0 Å². The lowest BCUT2D eigenvalue weighted by Gasteiger charge is -2.26. The fraction of sp³-hybridized carbons (Fsp3) is 0.154. The first kappa shape index (κ1) is 20.9. The van der Waals surface area contributed by atoms with E-state index < -0.39 is 0 Å². The Labute approximate surface area is 186 Å². The van der Waals surface area contributed by atoms with Crippen LogP contribution >= 0.6 is 11.8 Å². The van der Waals surface area contributed by atoms with E-state index in [0.717, 1.165) is 50.5 Å². The molecule has 1 aliphatic rings. The second kappa shape index (κ2) is 9.23. The number of rotatable bonds is 5. The highest BCUT2D eigenvalue weighted by molar-refractivity contribution is 7.98. The zero-order valence-corrected chi connectivity index (χ0v) is 18.4. The first-order valence-electron chi connectivity index (χ1n) is 10.1. The summed E-state index contributed by atoms with van der Waals surface area (Å²) in [6, 6.07) is 22.1. The Balaban J connectivity index is 1.99. The normalized spacial score (nSPS) is 13.4. The topological polar surface area (TPSA) is 64.7 Å². The highest BCUT2D eigenvalue weighted by atomic mass is 32.2. The maximum absolute atomic E-state index is 12.9. The Bertz CT molecular complexity index is 1170. The summed E-state index contributed by atoms with van der Waals surface area (Å²) in [5.41, 5.74) is 13.6. The third kappa shape index (κ3) is 4.14. The molecule has 31 heavy (non-hydrogen) atoms. The molecule has 0 amide bonds. The quantitative estimate of drug-likeness (QED) is 0.313. The summed E-state index contributed by atoms with van der Waals surface area (Å²) in [5, 5.41) is 0. The molecule has 0 heterocycles. The van der Waals surface area contributed by atoms with Crippen LogP contribution in [0.1, 0.15) is 27.9 Å². The molecule has 4 rings (SSSR count). The van der Waals surface area contributed by atoms with Crippen molar-refractivity contribution in [3.63, 3.8) is 0 Å². The SMILES string of the molecule is COC(=O)c1c(SC)cc(-c2ccccc2)c2c1C(C=Nc1ccccc1)=C(N)CC2. The van der Waals surface area contributed by atoms with Gasteiger partial charge in [-0.3, -0.25) is 4.99 Å². The van der Waals surface area contributed by atoms with Gasteiger partial charge in [-0.2, -0.15) is 0 Å². The molecule has 0 aliphatic heterocycles. The summed E-state index contributed by atoms with van der Waals surface area (Å²) < 4.78 is 5.18. The van der Waals surface area contributed by atoms with Gasteiger partial charge in [0.25, 0.3) is 0 Å². The Hall–Kier alpha value is -3.31. The minimum atomic E-state index is -0.361. The lowest BCUT2D eigenvalue weighted by molar-refractivity contribution is 0.0596. The molecule has 3 aromatic carbocycles. The average Bonchev–Trinajstić information content (AvgIpc) is 2.83. The Kier molecular flexibility index (Phi) is 6.23. The Morgan fingerprint density at radius 1 is 1.06 bits per heavy atom. The van der Waals surface area contributed by atoms with Crippen LogP contribution in [0, 0.1) is 0 Å². The van der Waals surface area contributed by atoms with Crippen molar-refractivity contribution in [2.24, 2.45) is 10.7 Å². The van der Waals surface area contributed by atoms with Crippen LogP contribution < -0.4 is 5.73 Å². The number of methoxy groups -OCH3 is 1. The summed E-state index contributed by atoms with van der Waals surface area (Å²) in [6.45, 7) is 0. The van der Waals surface area contributed by atoms with Crippen molar-refractivity contribution in [1.82, 2.24) is 0 Å². The van der Waals surface area contributed by atoms with E-state index in [1.165, 1.54) is 18.9 Å². The number of carbonyl (C=O) groups is 1. The number of allylic oxidation sites excluding steroid dienone is 2. The molecular formula is C26H24N2O2S. The lowest BCUT2D eigenvalue weighted by Crippen LogP contribution is -2.18. The standard InChI is InChI=1S/C26H24N2O2S/c1-30-26(29)25-23(31-2)15-20(17-9-5-3-6-10-17)19-13-14-22(27)21(24(19)25)16-28-18-11-7-4-8-12-18/h3-12,15-16H,13-14,27H2,1-2H3. The molecule has 0 bridgehead atoms. The van der Waals surface area contributed by atoms with Crippen LogP contribution in [0.3, 0.4) is 0 Å². The fourth-order valence-corrected chi connectivity index (χ4v) is 4.58. The molecule has 0 unspecified atom stereocenters. The first-order chi connectivity index (χ1) is 15.1. The van der Waals surface area contributed by atoms with Gasteiger partial charge in [0.1, 0.15) is 0 Å². The molecule has 0 atom stereocenters. The van der Waals surface area contributed by atoms with E-state index in [1.807, 2.05) is 54.8 Å². The van der Waals surface area contributed by atoms with Gasteiger partial charge in [-0.1, -0.05) is 48.5 Å². The van der Waals surface area contributed by atoms with Gasteiger partial charge >= 0.3 is 5.97 Å². The molecule has 0 saturated carbocycles. The van der Waals surface area contributed by atoms with Crippen molar-refractivity contribution < 1.29 is 9.53 Å². The number of esters is 1. The number of para-hydroxylation sites is 1. The summed E-state index contributed by atoms with van der Waals surface area (Å²) >= 11 is 1.53. The molecule has 5 heteroatoms. The highest BCUT2D eigenvalue weighted by Crippen LogP contribution is 2.42. The average molecular weight is 429 g/mol. The third-order valence-corrected chi connectivity index (χ3v) is 6.21. The van der Waals surface area contributed by atoms with Crippen molar-refractivity contribution in [3.05, 3.63) is 89.1 Å². The van der Waals surface area contributed by atoms with Gasteiger partial charge in [-0.25, -0.2) is 4.79 Å². The first-order valence-corrected chi connectivity index (χ1v) is 11.3. The van der Waals surface area contributed by atoms with E-state index in [4.69, 9.17) is 10.5 Å². The molecule has 0 radical (unpaired) electrons. The second-order valence-electron chi connectivity index (χ2n) is 7.25. The lowest BCUT2D eigenvalue weighted by atomic mass is 9.81. The summed E-state index contributed by atoms with van der Waals surface area (Å²) in [5.74, 6) is -0.361. The van der Waals surface area contributed by atoms with Crippen molar-refractivity contribution in [2.75, 3.05) is 13.4 Å². The second-order valence-corrected chi connectivity index (χ2v) is 8.09. The van der Waals surface area contributed by atoms with Gasteiger partial charge < -0.3 is 10.5 Å². The molecule has 0 fully saturated rings. The molecule has 0 saturated heterocycles. The number of aliphatic imine (C=N–C) groups is 1. The molecule has 3 aromatic rings. The van der Waals surface area contributed by atoms with E-state index in [-0.39, 0.29) is 5.97 Å². The number of ether oxygens (including phenoxy) is 1. The third-order valence-electron chi connectivity index (χ3n) is 5.45. The van der Waals surface area contributed by atoms with E-state index >= 15 is 0 Å². The maximum atomic E-state index is 12.9. The van der Waals surface area contributed by atoms with Gasteiger partial charge in [0.05, 0.1) is 18.4 Å². The number of nitrogens with two attached hydrogens (primary N) is 1. The zero-order valence-electron chi connectivity index (χ0n) is 17.6. The maximum Gasteiger partial charge on any atom is 0.339 e. The van der Waals surface area contributed by atoms with Crippen molar-refractivity contribution in [2.45, 2.75) is 17.7 Å². The zero-order chi connectivity index (χ0) is 21.8. The summed E-state index contributed by atoms with van der Waals surface area (Å²) in [7, 11) is 1.41. The molecule has 156 valence electrons. The van der Waals surface area contributed by atoms with Crippen LogP contribution in [0.15, 0.2) is 82.3 Å². The van der Waals surface area contributed by atoms with Crippen molar-refractivity contribution >= 4 is 35.2 Å². The fourth-order valence-electron chi connectivity index (χ4n) is 3.95. The molecule has 0 spiro atoms. The van der Waals surface area contributed by atoms with E-state index in [9.17, 15) is 4.79 Å². The van der Waals surface area contributed by atoms with Gasteiger partial charge in [-0.15, -0.1) is 11.8 Å². The van der Waals surface area contributed by atoms with Gasteiger partial charge in [0.2, 0.25) is 0 Å². The number of nitrogens with zero attached hydrogens (tertiary/aromatic N) is 1. The van der Waals surface area contributed by atoms with Crippen LogP contribution in [-0.4, -0.2) is 25.5 Å². The highest BCUT2D eigenvalue weighted by Gasteiger charge is 2.29. The molecule has 4 nitrogen and oxygen atoms in total. The van der Waals surface area contributed by atoms with Crippen LogP contribution in [-0.2, 0) is 11.2 Å². The van der Waals surface area contributed by atoms with E-state index in [0.29, 0.717) is 12.0 Å². The minimum absolute atomic E-state index is 0.361. The number of hydrogen-bond acceptors (Lipinski definition) is 5. The van der Waals surface area contributed by atoms with Crippen LogP contribution in [0.5, 0.6) is 0 Å². The predicted octanol–water partition coefficient (Wildman–Crippen LogP) is 5.88. The van der Waals surface area contributed by atoms with Crippen molar-refractivity contribution in [3.8, 4) is 11.1 Å². The largest absolute Gasteiger partial charge is 0.465 e. The summed E-state index contributed by atoms with van der Waals surface area (Å²) in [4.78, 5) is 18.4. The molecular weight excluding hydrogens is 404 g/mol. The van der Waals surface area contributed by atoms with E-state index in [2.05, 4.69) is 23.2 Å². The monoisotopic (exact) mass is 428 g/mol. The Morgan fingerprint density at radius 2 is 1.74 bits per heavy atom. The van der Waals surface area contributed by atoms with Crippen LogP contribution in [0.4, 0.5) is 5.69 Å².